The first kappa shape index (κ1) is 12.9. The summed E-state index contributed by atoms with van der Waals surface area (Å²) in [6, 6.07) is 7.84. The number of carbonyl (C=O) groups excluding carboxylic acids is 1. The van der Waals surface area contributed by atoms with Gasteiger partial charge in [-0.05, 0) is 42.9 Å². The second kappa shape index (κ2) is 4.63. The SMILES string of the molecule is CC(N(C)C(=O)Cc1ccc(N)cc1)C1(C)CC1. The van der Waals surface area contributed by atoms with Crippen LogP contribution in [0.3, 0.4) is 0 Å². The molecule has 0 bridgehead atoms. The highest BCUT2D eigenvalue weighted by Gasteiger charge is 2.45. The molecule has 1 amide bonds. The van der Waals surface area contributed by atoms with Gasteiger partial charge in [-0.15, -0.1) is 0 Å². The Morgan fingerprint density at radius 1 is 1.39 bits per heavy atom. The fourth-order valence-corrected chi connectivity index (χ4v) is 2.23. The van der Waals surface area contributed by atoms with Gasteiger partial charge in [0.15, 0.2) is 0 Å². The first-order valence-corrected chi connectivity index (χ1v) is 6.52. The van der Waals surface area contributed by atoms with Gasteiger partial charge in [0.25, 0.3) is 0 Å². The average molecular weight is 246 g/mol. The molecule has 1 unspecified atom stereocenters. The van der Waals surface area contributed by atoms with E-state index in [1.54, 1.807) is 0 Å². The van der Waals surface area contributed by atoms with Crippen LogP contribution in [0.5, 0.6) is 0 Å². The zero-order chi connectivity index (χ0) is 13.3. The van der Waals surface area contributed by atoms with Crippen molar-refractivity contribution in [2.24, 2.45) is 5.41 Å². The van der Waals surface area contributed by atoms with Crippen molar-refractivity contribution in [3.05, 3.63) is 29.8 Å². The van der Waals surface area contributed by atoms with Crippen LogP contribution >= 0.6 is 0 Å². The Labute approximate surface area is 109 Å². The summed E-state index contributed by atoms with van der Waals surface area (Å²) in [6.07, 6.45) is 2.92. The maximum Gasteiger partial charge on any atom is 0.226 e. The van der Waals surface area contributed by atoms with E-state index in [9.17, 15) is 4.79 Å². The summed E-state index contributed by atoms with van der Waals surface area (Å²) < 4.78 is 0. The summed E-state index contributed by atoms with van der Waals surface area (Å²) in [7, 11) is 1.91. The first-order chi connectivity index (χ1) is 8.42. The van der Waals surface area contributed by atoms with Gasteiger partial charge in [0.1, 0.15) is 0 Å². The number of hydrogen-bond donors (Lipinski definition) is 1. The summed E-state index contributed by atoms with van der Waals surface area (Å²) in [5.74, 6) is 0.181. The number of nitrogens with two attached hydrogens (primary N) is 1. The van der Waals surface area contributed by atoms with Crippen molar-refractivity contribution in [1.29, 1.82) is 0 Å². The van der Waals surface area contributed by atoms with Crippen molar-refractivity contribution in [1.82, 2.24) is 4.90 Å². The first-order valence-electron chi connectivity index (χ1n) is 6.52. The van der Waals surface area contributed by atoms with Crippen LogP contribution in [0.2, 0.25) is 0 Å². The van der Waals surface area contributed by atoms with Crippen LogP contribution in [-0.2, 0) is 11.2 Å². The monoisotopic (exact) mass is 246 g/mol. The zero-order valence-electron chi connectivity index (χ0n) is 11.4. The van der Waals surface area contributed by atoms with Crippen LogP contribution in [0, 0.1) is 5.41 Å². The molecule has 0 radical (unpaired) electrons. The molecule has 1 fully saturated rings. The van der Waals surface area contributed by atoms with E-state index in [1.165, 1.54) is 12.8 Å². The van der Waals surface area contributed by atoms with Crippen molar-refractivity contribution in [3.63, 3.8) is 0 Å². The van der Waals surface area contributed by atoms with Crippen LogP contribution in [0.4, 0.5) is 5.69 Å². The Hall–Kier alpha value is -1.51. The molecular weight excluding hydrogens is 224 g/mol. The van der Waals surface area contributed by atoms with Gasteiger partial charge in [-0.1, -0.05) is 19.1 Å². The third kappa shape index (κ3) is 2.66. The number of likely N-dealkylation sites (N-methyl/N-ethyl adjacent to an activating group) is 1. The van der Waals surface area contributed by atoms with Gasteiger partial charge >= 0.3 is 0 Å². The molecule has 1 atom stereocenters. The minimum atomic E-state index is 0.181. The molecule has 98 valence electrons. The Morgan fingerprint density at radius 3 is 2.44 bits per heavy atom. The van der Waals surface area contributed by atoms with E-state index < -0.39 is 0 Å². The minimum Gasteiger partial charge on any atom is -0.399 e. The molecule has 3 heteroatoms. The lowest BCUT2D eigenvalue weighted by Crippen LogP contribution is -2.40. The third-order valence-corrected chi connectivity index (χ3v) is 4.36. The summed E-state index contributed by atoms with van der Waals surface area (Å²) in [4.78, 5) is 14.1. The molecule has 18 heavy (non-hydrogen) atoms. The Bertz CT molecular complexity index is 434. The smallest absolute Gasteiger partial charge is 0.226 e. The number of carbonyl (C=O) groups is 1. The molecule has 3 nitrogen and oxygen atoms in total. The molecule has 1 saturated carbocycles. The van der Waals surface area contributed by atoms with Gasteiger partial charge in [0.2, 0.25) is 5.91 Å². The number of benzene rings is 1. The van der Waals surface area contributed by atoms with Gasteiger partial charge in [-0.2, -0.15) is 0 Å². The Balaban J connectivity index is 1.97. The van der Waals surface area contributed by atoms with Gasteiger partial charge in [-0.3, -0.25) is 4.79 Å². The van der Waals surface area contributed by atoms with Gasteiger partial charge in [0.05, 0.1) is 6.42 Å². The molecular formula is C15H22N2O. The van der Waals surface area contributed by atoms with E-state index in [0.717, 1.165) is 11.3 Å². The summed E-state index contributed by atoms with van der Waals surface area (Å²) >= 11 is 0. The molecule has 1 aromatic carbocycles. The van der Waals surface area contributed by atoms with Crippen LogP contribution in [0.25, 0.3) is 0 Å². The highest BCUT2D eigenvalue weighted by Crippen LogP contribution is 2.49. The van der Waals surface area contributed by atoms with E-state index in [4.69, 9.17) is 5.73 Å². The van der Waals surface area contributed by atoms with E-state index >= 15 is 0 Å². The average Bonchev–Trinajstić information content (AvgIpc) is 3.09. The largest absolute Gasteiger partial charge is 0.399 e. The van der Waals surface area contributed by atoms with Gasteiger partial charge < -0.3 is 10.6 Å². The Morgan fingerprint density at radius 2 is 1.94 bits per heavy atom. The van der Waals surface area contributed by atoms with Crippen molar-refractivity contribution in [2.45, 2.75) is 39.2 Å². The molecule has 1 aliphatic rings. The topological polar surface area (TPSA) is 46.3 Å². The van der Waals surface area contributed by atoms with E-state index in [0.29, 0.717) is 17.9 Å². The summed E-state index contributed by atoms with van der Waals surface area (Å²) in [5.41, 5.74) is 7.73. The molecule has 0 aromatic heterocycles. The van der Waals surface area contributed by atoms with E-state index in [2.05, 4.69) is 13.8 Å². The van der Waals surface area contributed by atoms with Crippen LogP contribution < -0.4 is 5.73 Å². The second-order valence-electron chi connectivity index (χ2n) is 5.75. The fourth-order valence-electron chi connectivity index (χ4n) is 2.23. The molecule has 0 heterocycles. The number of rotatable bonds is 4. The maximum absolute atomic E-state index is 12.2. The van der Waals surface area contributed by atoms with Gasteiger partial charge in [0, 0.05) is 18.8 Å². The van der Waals surface area contributed by atoms with Crippen molar-refractivity contribution >= 4 is 11.6 Å². The van der Waals surface area contributed by atoms with Crippen molar-refractivity contribution in [3.8, 4) is 0 Å². The predicted octanol–water partition coefficient (Wildman–Crippen LogP) is 2.46. The van der Waals surface area contributed by atoms with Crippen LogP contribution in [0.15, 0.2) is 24.3 Å². The standard InChI is InChI=1S/C15H22N2O/c1-11(15(2)8-9-15)17(3)14(18)10-12-4-6-13(16)7-5-12/h4-7,11H,8-10,16H2,1-3H3. The summed E-state index contributed by atoms with van der Waals surface area (Å²) in [5, 5.41) is 0. The normalized spacial score (nSPS) is 18.2. The molecule has 2 N–H and O–H groups in total. The second-order valence-corrected chi connectivity index (χ2v) is 5.75. The van der Waals surface area contributed by atoms with E-state index in [-0.39, 0.29) is 5.91 Å². The van der Waals surface area contributed by atoms with Crippen molar-refractivity contribution < 1.29 is 4.79 Å². The lowest BCUT2D eigenvalue weighted by atomic mass is 9.99. The highest BCUT2D eigenvalue weighted by atomic mass is 16.2. The Kier molecular flexibility index (Phi) is 3.33. The minimum absolute atomic E-state index is 0.181. The lowest BCUT2D eigenvalue weighted by molar-refractivity contribution is -0.132. The molecule has 1 aliphatic carbocycles. The molecule has 1 aromatic rings. The van der Waals surface area contributed by atoms with Gasteiger partial charge in [-0.25, -0.2) is 0 Å². The molecule has 0 aliphatic heterocycles. The highest BCUT2D eigenvalue weighted by molar-refractivity contribution is 5.79. The van der Waals surface area contributed by atoms with Crippen LogP contribution in [0.1, 0.15) is 32.3 Å². The van der Waals surface area contributed by atoms with Crippen molar-refractivity contribution in [2.75, 3.05) is 12.8 Å². The predicted molar refractivity (Wildman–Crippen MR) is 74.1 cm³/mol. The zero-order valence-corrected chi connectivity index (χ0v) is 11.4. The quantitative estimate of drug-likeness (QED) is 0.829. The van der Waals surface area contributed by atoms with Crippen LogP contribution in [-0.4, -0.2) is 23.9 Å². The maximum atomic E-state index is 12.2. The number of hydrogen-bond acceptors (Lipinski definition) is 2. The number of nitrogens with zero attached hydrogens (tertiary/aromatic N) is 1. The number of anilines is 1. The summed E-state index contributed by atoms with van der Waals surface area (Å²) in [6.45, 7) is 4.40. The fraction of sp³-hybridized carbons (Fsp3) is 0.533. The third-order valence-electron chi connectivity index (χ3n) is 4.36. The van der Waals surface area contributed by atoms with E-state index in [1.807, 2.05) is 36.2 Å². The molecule has 0 saturated heterocycles. The molecule has 0 spiro atoms. The number of amides is 1. The molecule has 2 rings (SSSR count). The number of nitrogen functional groups attached to an aromatic ring is 1. The lowest BCUT2D eigenvalue weighted by Gasteiger charge is -2.30.